The van der Waals surface area contributed by atoms with Gasteiger partial charge >= 0.3 is 0 Å². The molecule has 0 unspecified atom stereocenters. The summed E-state index contributed by atoms with van der Waals surface area (Å²) in [5.41, 5.74) is 0.739. The summed E-state index contributed by atoms with van der Waals surface area (Å²) in [6.07, 6.45) is 2.14. The van der Waals surface area contributed by atoms with Crippen LogP contribution in [0.1, 0.15) is 24.4 Å². The van der Waals surface area contributed by atoms with Crippen LogP contribution in [0.15, 0.2) is 67.0 Å². The number of halogens is 4. The first-order valence-corrected chi connectivity index (χ1v) is 11.7. The highest BCUT2D eigenvalue weighted by Crippen LogP contribution is 2.39. The molecule has 1 aliphatic carbocycles. The van der Waals surface area contributed by atoms with Gasteiger partial charge in [0.05, 0.1) is 12.6 Å². The van der Waals surface area contributed by atoms with Gasteiger partial charge in [0.25, 0.3) is 5.92 Å². The lowest BCUT2D eigenvalue weighted by molar-refractivity contribution is -0.130. The number of nitrogens with zero attached hydrogens (tertiary/aromatic N) is 3. The molecule has 1 heterocycles. The zero-order valence-electron chi connectivity index (χ0n) is 19.1. The Morgan fingerprint density at radius 1 is 1.14 bits per heavy atom. The molecule has 1 aliphatic rings. The standard InChI is InChI=1S/C25H25ClF3N5O2/c26-21-8-2-1-7-20(21)22(23(36)32-17-12-25(28,29)13-17)34(19-6-3-5-16(27)11-19)14-18(15-35)33-24-30-9-4-10-31-24/h1-11,17-18,22,35H,12-15H2,(H,32,36)(H,30,31,33)/t18-,22-/m0/s1. The lowest BCUT2D eigenvalue weighted by Crippen LogP contribution is -2.54. The monoisotopic (exact) mass is 519 g/mol. The van der Waals surface area contributed by atoms with Crippen LogP contribution in [-0.4, -0.2) is 52.1 Å². The van der Waals surface area contributed by atoms with Crippen LogP contribution in [0.25, 0.3) is 0 Å². The minimum absolute atomic E-state index is 0.00233. The summed E-state index contributed by atoms with van der Waals surface area (Å²) in [6.45, 7) is -0.363. The van der Waals surface area contributed by atoms with E-state index in [0.29, 0.717) is 11.3 Å². The third-order valence-electron chi connectivity index (χ3n) is 5.87. The number of carbonyl (C=O) groups is 1. The van der Waals surface area contributed by atoms with Crippen LogP contribution in [0, 0.1) is 5.82 Å². The highest BCUT2D eigenvalue weighted by molar-refractivity contribution is 6.31. The van der Waals surface area contributed by atoms with Gasteiger partial charge in [-0.3, -0.25) is 4.79 Å². The Kier molecular flexibility index (Phi) is 7.95. The normalized spacial score (nSPS) is 16.5. The second-order valence-electron chi connectivity index (χ2n) is 8.62. The van der Waals surface area contributed by atoms with Crippen LogP contribution in [0.3, 0.4) is 0 Å². The van der Waals surface area contributed by atoms with E-state index >= 15 is 0 Å². The average Bonchev–Trinajstić information content (AvgIpc) is 2.83. The summed E-state index contributed by atoms with van der Waals surface area (Å²) in [4.78, 5) is 23.4. The van der Waals surface area contributed by atoms with Gasteiger partial charge in [-0.25, -0.2) is 23.1 Å². The van der Waals surface area contributed by atoms with Crippen LogP contribution in [0.5, 0.6) is 0 Å². The molecule has 3 aromatic rings. The van der Waals surface area contributed by atoms with Gasteiger partial charge in [-0.2, -0.15) is 0 Å². The molecule has 1 aromatic heterocycles. The number of hydrogen-bond donors (Lipinski definition) is 3. The molecule has 0 radical (unpaired) electrons. The number of amides is 1. The van der Waals surface area contributed by atoms with Gasteiger partial charge in [-0.15, -0.1) is 0 Å². The molecule has 36 heavy (non-hydrogen) atoms. The first-order valence-electron chi connectivity index (χ1n) is 11.3. The fraction of sp³-hybridized carbons (Fsp3) is 0.320. The first kappa shape index (κ1) is 25.7. The van der Waals surface area contributed by atoms with Crippen LogP contribution in [0.2, 0.25) is 5.02 Å². The number of aromatic nitrogens is 2. The Bertz CT molecular complexity index is 1180. The Hall–Kier alpha value is -3.37. The molecule has 7 nitrogen and oxygen atoms in total. The van der Waals surface area contributed by atoms with Crippen LogP contribution in [-0.2, 0) is 4.79 Å². The molecular formula is C25H25ClF3N5O2. The summed E-state index contributed by atoms with van der Waals surface area (Å²) in [6, 6.07) is 11.4. The van der Waals surface area contributed by atoms with Crippen molar-refractivity contribution in [1.82, 2.24) is 15.3 Å². The fourth-order valence-corrected chi connectivity index (χ4v) is 4.39. The van der Waals surface area contributed by atoms with Crippen molar-refractivity contribution in [1.29, 1.82) is 0 Å². The topological polar surface area (TPSA) is 90.4 Å². The van der Waals surface area contributed by atoms with Crippen molar-refractivity contribution in [2.24, 2.45) is 0 Å². The quantitative estimate of drug-likeness (QED) is 0.372. The number of rotatable bonds is 10. The summed E-state index contributed by atoms with van der Waals surface area (Å²) < 4.78 is 41.2. The molecule has 1 saturated carbocycles. The molecule has 1 fully saturated rings. The predicted octanol–water partition coefficient (Wildman–Crippen LogP) is 4.20. The van der Waals surface area contributed by atoms with Gasteiger partial charge in [-0.05, 0) is 30.3 Å². The fourth-order valence-electron chi connectivity index (χ4n) is 4.15. The maximum absolute atomic E-state index is 14.3. The number of aliphatic hydroxyl groups is 1. The molecule has 4 rings (SSSR count). The van der Waals surface area contributed by atoms with E-state index in [-0.39, 0.29) is 24.1 Å². The van der Waals surface area contributed by atoms with Gasteiger partial charge in [0, 0.05) is 54.1 Å². The number of benzene rings is 2. The zero-order valence-corrected chi connectivity index (χ0v) is 19.9. The molecule has 190 valence electrons. The van der Waals surface area contributed by atoms with Crippen molar-refractivity contribution >= 4 is 29.1 Å². The lowest BCUT2D eigenvalue weighted by Gasteiger charge is -2.39. The predicted molar refractivity (Wildman–Crippen MR) is 131 cm³/mol. The van der Waals surface area contributed by atoms with Crippen LogP contribution in [0.4, 0.5) is 24.8 Å². The van der Waals surface area contributed by atoms with Crippen molar-refractivity contribution in [3.05, 3.63) is 83.4 Å². The lowest BCUT2D eigenvalue weighted by atomic mass is 9.87. The minimum atomic E-state index is -2.82. The largest absolute Gasteiger partial charge is 0.394 e. The smallest absolute Gasteiger partial charge is 0.252 e. The van der Waals surface area contributed by atoms with Crippen molar-refractivity contribution in [2.45, 2.75) is 36.9 Å². The molecule has 3 N–H and O–H groups in total. The number of alkyl halides is 2. The number of carbonyl (C=O) groups excluding carboxylic acids is 1. The number of anilines is 2. The van der Waals surface area contributed by atoms with E-state index in [0.717, 1.165) is 0 Å². The number of aliphatic hydroxyl groups excluding tert-OH is 1. The Balaban J connectivity index is 1.71. The highest BCUT2D eigenvalue weighted by atomic mass is 35.5. The molecular weight excluding hydrogens is 495 g/mol. The van der Waals surface area contributed by atoms with Crippen molar-refractivity contribution in [3.63, 3.8) is 0 Å². The third-order valence-corrected chi connectivity index (χ3v) is 6.22. The third kappa shape index (κ3) is 6.24. The average molecular weight is 520 g/mol. The van der Waals surface area contributed by atoms with Crippen LogP contribution < -0.4 is 15.5 Å². The van der Waals surface area contributed by atoms with E-state index in [2.05, 4.69) is 20.6 Å². The molecule has 0 saturated heterocycles. The van der Waals surface area contributed by atoms with Crippen molar-refractivity contribution < 1.29 is 23.1 Å². The van der Waals surface area contributed by atoms with E-state index in [4.69, 9.17) is 11.6 Å². The first-order chi connectivity index (χ1) is 17.3. The van der Waals surface area contributed by atoms with Gasteiger partial charge in [0.2, 0.25) is 11.9 Å². The molecule has 11 heteroatoms. The summed E-state index contributed by atoms with van der Waals surface area (Å²) in [7, 11) is 0. The maximum Gasteiger partial charge on any atom is 0.252 e. The van der Waals surface area contributed by atoms with E-state index in [9.17, 15) is 23.1 Å². The minimum Gasteiger partial charge on any atom is -0.394 e. The zero-order chi connectivity index (χ0) is 25.7. The van der Waals surface area contributed by atoms with E-state index in [1.54, 1.807) is 41.3 Å². The SMILES string of the molecule is O=C(NC1CC(F)(F)C1)[C@H](c1ccccc1Cl)N(C[C@@H](CO)Nc1ncccn1)c1cccc(F)c1. The second-order valence-corrected chi connectivity index (χ2v) is 9.03. The van der Waals surface area contributed by atoms with Gasteiger partial charge in [0.15, 0.2) is 0 Å². The molecule has 0 aliphatic heterocycles. The molecule has 2 aromatic carbocycles. The van der Waals surface area contributed by atoms with Gasteiger partial charge in [0.1, 0.15) is 11.9 Å². The molecule has 2 atom stereocenters. The maximum atomic E-state index is 14.3. The highest BCUT2D eigenvalue weighted by Gasteiger charge is 2.47. The summed E-state index contributed by atoms with van der Waals surface area (Å²) >= 11 is 6.47. The Labute approximate surface area is 211 Å². The van der Waals surface area contributed by atoms with E-state index in [1.165, 1.54) is 30.6 Å². The molecule has 1 amide bonds. The van der Waals surface area contributed by atoms with Crippen LogP contribution >= 0.6 is 11.6 Å². The summed E-state index contributed by atoms with van der Waals surface area (Å²) in [5, 5.41) is 16.1. The van der Waals surface area contributed by atoms with Crippen molar-refractivity contribution in [3.8, 4) is 0 Å². The Morgan fingerprint density at radius 2 is 1.86 bits per heavy atom. The Morgan fingerprint density at radius 3 is 2.50 bits per heavy atom. The molecule has 0 spiro atoms. The second kappa shape index (κ2) is 11.1. The van der Waals surface area contributed by atoms with Crippen molar-refractivity contribution in [2.75, 3.05) is 23.4 Å². The van der Waals surface area contributed by atoms with Gasteiger partial charge in [-0.1, -0.05) is 35.9 Å². The number of hydrogen-bond acceptors (Lipinski definition) is 6. The van der Waals surface area contributed by atoms with Gasteiger partial charge < -0.3 is 20.6 Å². The number of nitrogens with one attached hydrogen (secondary N) is 2. The molecule has 0 bridgehead atoms. The van der Waals surface area contributed by atoms with E-state index < -0.39 is 48.6 Å². The summed E-state index contributed by atoms with van der Waals surface area (Å²) in [5.74, 6) is -3.66. The van der Waals surface area contributed by atoms with E-state index in [1.807, 2.05) is 0 Å².